The molecule has 0 bridgehead atoms. The van der Waals surface area contributed by atoms with Crippen LogP contribution < -0.4 is 14.8 Å². The van der Waals surface area contributed by atoms with E-state index in [-0.39, 0.29) is 5.60 Å². The van der Waals surface area contributed by atoms with Crippen LogP contribution in [0.1, 0.15) is 65.0 Å². The molecular weight excluding hydrogens is 262 g/mol. The van der Waals surface area contributed by atoms with Crippen LogP contribution >= 0.6 is 0 Å². The van der Waals surface area contributed by atoms with Crippen molar-refractivity contribution < 1.29 is 9.47 Å². The molecule has 0 amide bonds. The normalized spacial score (nSPS) is 19.7. The van der Waals surface area contributed by atoms with Gasteiger partial charge in [0.1, 0.15) is 17.1 Å². The first-order chi connectivity index (χ1) is 10.2. The minimum Gasteiger partial charge on any atom is -0.494 e. The molecule has 1 unspecified atom stereocenters. The molecule has 1 aromatic rings. The smallest absolute Gasteiger partial charge is 0.125 e. The Bertz CT molecular complexity index is 455. The SMILES string of the molecule is CCCOc1ccc2c(c1)C(NCC)CC(CC)(CC)O2. The average molecular weight is 291 g/mol. The Hall–Kier alpha value is -1.22. The summed E-state index contributed by atoms with van der Waals surface area (Å²) in [6.07, 6.45) is 4.13. The molecule has 118 valence electrons. The highest BCUT2D eigenvalue weighted by Crippen LogP contribution is 2.43. The van der Waals surface area contributed by atoms with Crippen molar-refractivity contribution in [2.75, 3.05) is 13.2 Å². The fourth-order valence-corrected chi connectivity index (χ4v) is 3.07. The summed E-state index contributed by atoms with van der Waals surface area (Å²) in [6.45, 7) is 10.4. The van der Waals surface area contributed by atoms with Crippen LogP contribution in [0.2, 0.25) is 0 Å². The summed E-state index contributed by atoms with van der Waals surface area (Å²) in [6, 6.07) is 6.60. The zero-order chi connectivity index (χ0) is 15.3. The number of hydrogen-bond donors (Lipinski definition) is 1. The molecule has 21 heavy (non-hydrogen) atoms. The summed E-state index contributed by atoms with van der Waals surface area (Å²) >= 11 is 0. The van der Waals surface area contributed by atoms with Gasteiger partial charge in [-0.15, -0.1) is 0 Å². The summed E-state index contributed by atoms with van der Waals surface area (Å²) < 4.78 is 12.1. The van der Waals surface area contributed by atoms with Crippen LogP contribution in [-0.2, 0) is 0 Å². The molecule has 1 aliphatic heterocycles. The zero-order valence-corrected chi connectivity index (χ0v) is 13.9. The topological polar surface area (TPSA) is 30.5 Å². The Kier molecular flexibility index (Phi) is 5.51. The summed E-state index contributed by atoms with van der Waals surface area (Å²) in [7, 11) is 0. The van der Waals surface area contributed by atoms with Gasteiger partial charge in [-0.05, 0) is 44.0 Å². The summed E-state index contributed by atoms with van der Waals surface area (Å²) in [5.74, 6) is 1.96. The lowest BCUT2D eigenvalue weighted by Crippen LogP contribution is -2.43. The monoisotopic (exact) mass is 291 g/mol. The van der Waals surface area contributed by atoms with Gasteiger partial charge in [0.15, 0.2) is 0 Å². The summed E-state index contributed by atoms with van der Waals surface area (Å²) in [4.78, 5) is 0. The predicted molar refractivity (Wildman–Crippen MR) is 87.2 cm³/mol. The lowest BCUT2D eigenvalue weighted by molar-refractivity contribution is 0.0229. The molecule has 2 rings (SSSR count). The minimum absolute atomic E-state index is 0.0361. The Morgan fingerprint density at radius 3 is 2.62 bits per heavy atom. The lowest BCUT2D eigenvalue weighted by atomic mass is 9.83. The minimum atomic E-state index is -0.0361. The standard InChI is InChI=1S/C18H29NO2/c1-5-11-20-14-9-10-17-15(12-14)16(19-8-4)13-18(6-2,7-3)21-17/h9-10,12,16,19H,5-8,11,13H2,1-4H3. The van der Waals surface area contributed by atoms with E-state index in [9.17, 15) is 0 Å². The quantitative estimate of drug-likeness (QED) is 0.804. The fourth-order valence-electron chi connectivity index (χ4n) is 3.07. The van der Waals surface area contributed by atoms with E-state index in [0.29, 0.717) is 6.04 Å². The third kappa shape index (κ3) is 3.52. The molecule has 1 N–H and O–H groups in total. The van der Waals surface area contributed by atoms with Crippen LogP contribution in [0.3, 0.4) is 0 Å². The molecule has 3 nitrogen and oxygen atoms in total. The van der Waals surface area contributed by atoms with Crippen LogP contribution in [-0.4, -0.2) is 18.8 Å². The highest BCUT2D eigenvalue weighted by atomic mass is 16.5. The van der Waals surface area contributed by atoms with E-state index < -0.39 is 0 Å². The van der Waals surface area contributed by atoms with Crippen LogP contribution in [0.15, 0.2) is 18.2 Å². The van der Waals surface area contributed by atoms with Crippen LogP contribution in [0, 0.1) is 0 Å². The van der Waals surface area contributed by atoms with E-state index in [1.807, 2.05) is 6.07 Å². The van der Waals surface area contributed by atoms with E-state index in [1.54, 1.807) is 0 Å². The van der Waals surface area contributed by atoms with Gasteiger partial charge in [0.05, 0.1) is 6.61 Å². The number of hydrogen-bond acceptors (Lipinski definition) is 3. The maximum atomic E-state index is 6.36. The molecule has 1 aromatic carbocycles. The highest BCUT2D eigenvalue weighted by molar-refractivity contribution is 5.44. The van der Waals surface area contributed by atoms with Gasteiger partial charge in [-0.3, -0.25) is 0 Å². The zero-order valence-electron chi connectivity index (χ0n) is 13.9. The van der Waals surface area contributed by atoms with Gasteiger partial charge in [0, 0.05) is 18.0 Å². The summed E-state index contributed by atoms with van der Waals surface area (Å²) in [5.41, 5.74) is 1.20. The molecule has 1 atom stereocenters. The third-order valence-electron chi connectivity index (χ3n) is 4.47. The first-order valence-corrected chi connectivity index (χ1v) is 8.37. The molecule has 0 saturated heterocycles. The van der Waals surface area contributed by atoms with Crippen LogP contribution in [0.4, 0.5) is 0 Å². The Morgan fingerprint density at radius 2 is 2.00 bits per heavy atom. The second-order valence-electron chi connectivity index (χ2n) is 5.85. The van der Waals surface area contributed by atoms with Crippen molar-refractivity contribution in [1.29, 1.82) is 0 Å². The van der Waals surface area contributed by atoms with Crippen LogP contribution in [0.5, 0.6) is 11.5 Å². The van der Waals surface area contributed by atoms with Gasteiger partial charge >= 0.3 is 0 Å². The van der Waals surface area contributed by atoms with Crippen LogP contribution in [0.25, 0.3) is 0 Å². The average Bonchev–Trinajstić information content (AvgIpc) is 2.53. The molecule has 0 radical (unpaired) electrons. The molecule has 0 saturated carbocycles. The maximum absolute atomic E-state index is 6.36. The van der Waals surface area contributed by atoms with Gasteiger partial charge in [-0.2, -0.15) is 0 Å². The Labute approximate surface area is 129 Å². The lowest BCUT2D eigenvalue weighted by Gasteiger charge is -2.42. The first-order valence-electron chi connectivity index (χ1n) is 8.37. The predicted octanol–water partition coefficient (Wildman–Crippen LogP) is 4.47. The number of rotatable bonds is 7. The molecule has 3 heteroatoms. The van der Waals surface area contributed by atoms with Crippen molar-refractivity contribution in [2.45, 2.75) is 65.0 Å². The van der Waals surface area contributed by atoms with Crippen molar-refractivity contribution in [1.82, 2.24) is 5.32 Å². The summed E-state index contributed by atoms with van der Waals surface area (Å²) in [5, 5.41) is 3.61. The fraction of sp³-hybridized carbons (Fsp3) is 0.667. The van der Waals surface area contributed by atoms with E-state index in [0.717, 1.165) is 50.3 Å². The van der Waals surface area contributed by atoms with E-state index >= 15 is 0 Å². The van der Waals surface area contributed by atoms with Gasteiger partial charge < -0.3 is 14.8 Å². The molecule has 0 fully saturated rings. The molecule has 0 spiro atoms. The molecular formula is C18H29NO2. The second-order valence-corrected chi connectivity index (χ2v) is 5.85. The van der Waals surface area contributed by atoms with Crippen molar-refractivity contribution >= 4 is 0 Å². The highest BCUT2D eigenvalue weighted by Gasteiger charge is 2.38. The Balaban J connectivity index is 2.30. The number of benzene rings is 1. The molecule has 1 aliphatic rings. The van der Waals surface area contributed by atoms with Crippen molar-refractivity contribution in [3.63, 3.8) is 0 Å². The van der Waals surface area contributed by atoms with Crippen molar-refractivity contribution in [3.8, 4) is 11.5 Å². The van der Waals surface area contributed by atoms with Gasteiger partial charge in [0.25, 0.3) is 0 Å². The largest absolute Gasteiger partial charge is 0.494 e. The van der Waals surface area contributed by atoms with Gasteiger partial charge in [-0.25, -0.2) is 0 Å². The maximum Gasteiger partial charge on any atom is 0.125 e. The second kappa shape index (κ2) is 7.17. The van der Waals surface area contributed by atoms with Gasteiger partial charge in [0.2, 0.25) is 0 Å². The van der Waals surface area contributed by atoms with Gasteiger partial charge in [-0.1, -0.05) is 27.7 Å². The first kappa shape index (κ1) is 16.2. The van der Waals surface area contributed by atoms with Crippen molar-refractivity contribution in [3.05, 3.63) is 23.8 Å². The number of nitrogens with one attached hydrogen (secondary N) is 1. The molecule has 1 heterocycles. The van der Waals surface area contributed by atoms with E-state index in [4.69, 9.17) is 9.47 Å². The molecule has 0 aromatic heterocycles. The third-order valence-corrected chi connectivity index (χ3v) is 4.47. The van der Waals surface area contributed by atoms with Crippen molar-refractivity contribution in [2.24, 2.45) is 0 Å². The molecule has 0 aliphatic carbocycles. The van der Waals surface area contributed by atoms with E-state index in [2.05, 4.69) is 45.1 Å². The number of ether oxygens (including phenoxy) is 2. The van der Waals surface area contributed by atoms with E-state index in [1.165, 1.54) is 5.56 Å². The number of fused-ring (bicyclic) bond motifs is 1. The Morgan fingerprint density at radius 1 is 1.24 bits per heavy atom.